The Labute approximate surface area is 86.1 Å². The van der Waals surface area contributed by atoms with Crippen molar-refractivity contribution in [3.8, 4) is 0 Å². The van der Waals surface area contributed by atoms with Crippen LogP contribution in [0.2, 0.25) is 0 Å². The highest BCUT2D eigenvalue weighted by atomic mass is 16.3. The second kappa shape index (κ2) is 5.35. The molecule has 0 bridgehead atoms. The fourth-order valence-corrected chi connectivity index (χ4v) is 2.05. The largest absolute Gasteiger partial charge is 0.391 e. The summed E-state index contributed by atoms with van der Waals surface area (Å²) < 4.78 is 0. The van der Waals surface area contributed by atoms with Crippen LogP contribution in [0, 0.1) is 5.92 Å². The number of amides is 1. The van der Waals surface area contributed by atoms with Gasteiger partial charge in [0.05, 0.1) is 6.10 Å². The molecular formula is C11H21NO2. The lowest BCUT2D eigenvalue weighted by Crippen LogP contribution is -2.44. The minimum atomic E-state index is -0.304. The zero-order chi connectivity index (χ0) is 10.6. The number of carbonyl (C=O) groups excluding carboxylic acids is 1. The van der Waals surface area contributed by atoms with E-state index >= 15 is 0 Å². The first kappa shape index (κ1) is 11.5. The van der Waals surface area contributed by atoms with E-state index in [1.54, 1.807) is 0 Å². The van der Waals surface area contributed by atoms with Crippen LogP contribution in [0.1, 0.15) is 39.5 Å². The first-order valence-corrected chi connectivity index (χ1v) is 5.65. The lowest BCUT2D eigenvalue weighted by Gasteiger charge is -2.32. The third kappa shape index (κ3) is 2.71. The van der Waals surface area contributed by atoms with Gasteiger partial charge in [0.1, 0.15) is 0 Å². The summed E-state index contributed by atoms with van der Waals surface area (Å²) in [6, 6.07) is 0. The van der Waals surface area contributed by atoms with Gasteiger partial charge in [-0.2, -0.15) is 0 Å². The van der Waals surface area contributed by atoms with Crippen LogP contribution in [0.5, 0.6) is 0 Å². The molecule has 1 atom stereocenters. The quantitative estimate of drug-likeness (QED) is 0.746. The Kier molecular flexibility index (Phi) is 4.39. The third-order valence-corrected chi connectivity index (χ3v) is 3.04. The molecule has 1 fully saturated rings. The van der Waals surface area contributed by atoms with E-state index < -0.39 is 0 Å². The summed E-state index contributed by atoms with van der Waals surface area (Å²) in [6.45, 7) is 5.46. The minimum Gasteiger partial charge on any atom is -0.391 e. The van der Waals surface area contributed by atoms with Crippen LogP contribution in [0.3, 0.4) is 0 Å². The fourth-order valence-electron chi connectivity index (χ4n) is 2.05. The lowest BCUT2D eigenvalue weighted by atomic mass is 9.99. The van der Waals surface area contributed by atoms with Crippen LogP contribution >= 0.6 is 0 Å². The van der Waals surface area contributed by atoms with Gasteiger partial charge in [-0.1, -0.05) is 13.8 Å². The second-order valence-electron chi connectivity index (χ2n) is 4.09. The first-order chi connectivity index (χ1) is 6.69. The number of piperidine rings is 1. The van der Waals surface area contributed by atoms with Crippen molar-refractivity contribution in [3.05, 3.63) is 0 Å². The van der Waals surface area contributed by atoms with Crippen molar-refractivity contribution in [3.63, 3.8) is 0 Å². The molecule has 0 unspecified atom stereocenters. The maximum absolute atomic E-state index is 11.9. The molecule has 0 aromatic carbocycles. The summed E-state index contributed by atoms with van der Waals surface area (Å²) in [5.41, 5.74) is 0. The normalized spacial score (nSPS) is 22.9. The van der Waals surface area contributed by atoms with Crippen LogP contribution in [0.4, 0.5) is 0 Å². The third-order valence-electron chi connectivity index (χ3n) is 3.04. The van der Waals surface area contributed by atoms with Gasteiger partial charge in [0, 0.05) is 19.0 Å². The zero-order valence-electron chi connectivity index (χ0n) is 9.20. The Hall–Kier alpha value is -0.570. The molecule has 14 heavy (non-hydrogen) atoms. The zero-order valence-corrected chi connectivity index (χ0v) is 9.20. The molecule has 0 aliphatic carbocycles. The molecule has 0 saturated carbocycles. The number of hydrogen-bond acceptors (Lipinski definition) is 2. The van der Waals surface area contributed by atoms with Crippen molar-refractivity contribution in [2.45, 2.75) is 45.6 Å². The molecule has 1 heterocycles. The van der Waals surface area contributed by atoms with Crippen LogP contribution in [0.15, 0.2) is 0 Å². The molecular weight excluding hydrogens is 178 g/mol. The van der Waals surface area contributed by atoms with Gasteiger partial charge in [0.25, 0.3) is 0 Å². The van der Waals surface area contributed by atoms with Gasteiger partial charge in [-0.15, -0.1) is 0 Å². The molecule has 1 amide bonds. The molecule has 82 valence electrons. The van der Waals surface area contributed by atoms with E-state index in [-0.39, 0.29) is 17.9 Å². The topological polar surface area (TPSA) is 40.5 Å². The van der Waals surface area contributed by atoms with E-state index in [1.165, 1.54) is 0 Å². The summed E-state index contributed by atoms with van der Waals surface area (Å²) in [5.74, 6) is 0.383. The highest BCUT2D eigenvalue weighted by molar-refractivity contribution is 5.78. The van der Waals surface area contributed by atoms with Gasteiger partial charge in [-0.25, -0.2) is 0 Å². The molecule has 0 aromatic rings. The van der Waals surface area contributed by atoms with E-state index in [0.717, 1.165) is 32.2 Å². The monoisotopic (exact) mass is 199 g/mol. The van der Waals surface area contributed by atoms with Gasteiger partial charge in [-0.05, 0) is 25.7 Å². The van der Waals surface area contributed by atoms with Crippen LogP contribution < -0.4 is 0 Å². The number of β-amino-alcohol motifs (C(OH)–C–C–N with tert-alkyl or cyclic N) is 1. The van der Waals surface area contributed by atoms with Gasteiger partial charge >= 0.3 is 0 Å². The Morgan fingerprint density at radius 2 is 2.14 bits per heavy atom. The smallest absolute Gasteiger partial charge is 0.225 e. The van der Waals surface area contributed by atoms with Gasteiger partial charge in [0.2, 0.25) is 5.91 Å². The average molecular weight is 199 g/mol. The highest BCUT2D eigenvalue weighted by Gasteiger charge is 2.25. The number of hydrogen-bond donors (Lipinski definition) is 1. The molecule has 1 aliphatic rings. The highest BCUT2D eigenvalue weighted by Crippen LogP contribution is 2.16. The van der Waals surface area contributed by atoms with E-state index in [4.69, 9.17) is 0 Å². The van der Waals surface area contributed by atoms with E-state index in [0.29, 0.717) is 6.54 Å². The molecule has 3 heteroatoms. The summed E-state index contributed by atoms with van der Waals surface area (Å²) in [4.78, 5) is 13.7. The summed E-state index contributed by atoms with van der Waals surface area (Å²) in [5, 5.41) is 9.46. The number of rotatable bonds is 3. The van der Waals surface area contributed by atoms with Gasteiger partial charge < -0.3 is 10.0 Å². The van der Waals surface area contributed by atoms with Gasteiger partial charge in [0.15, 0.2) is 0 Å². The number of aliphatic hydroxyl groups excluding tert-OH is 1. The maximum Gasteiger partial charge on any atom is 0.225 e. The number of aliphatic hydroxyl groups is 1. The van der Waals surface area contributed by atoms with E-state index in [1.807, 2.05) is 18.7 Å². The molecule has 0 aromatic heterocycles. The van der Waals surface area contributed by atoms with Crippen LogP contribution in [-0.4, -0.2) is 35.1 Å². The Balaban J connectivity index is 2.50. The first-order valence-electron chi connectivity index (χ1n) is 5.65. The fraction of sp³-hybridized carbons (Fsp3) is 0.909. The predicted octanol–water partition coefficient (Wildman–Crippen LogP) is 1.41. The van der Waals surface area contributed by atoms with E-state index in [2.05, 4.69) is 0 Å². The second-order valence-corrected chi connectivity index (χ2v) is 4.09. The van der Waals surface area contributed by atoms with Crippen LogP contribution in [0.25, 0.3) is 0 Å². The molecule has 1 aliphatic heterocycles. The number of nitrogens with zero attached hydrogens (tertiary/aromatic N) is 1. The predicted molar refractivity (Wildman–Crippen MR) is 55.9 cm³/mol. The Bertz CT molecular complexity index is 190. The summed E-state index contributed by atoms with van der Waals surface area (Å²) in [6.07, 6.45) is 3.28. The molecule has 0 spiro atoms. The summed E-state index contributed by atoms with van der Waals surface area (Å²) >= 11 is 0. The Morgan fingerprint density at radius 3 is 2.64 bits per heavy atom. The van der Waals surface area contributed by atoms with Crippen molar-refractivity contribution < 1.29 is 9.90 Å². The van der Waals surface area contributed by atoms with Gasteiger partial charge in [-0.3, -0.25) is 4.79 Å². The molecule has 1 saturated heterocycles. The minimum absolute atomic E-state index is 0.153. The van der Waals surface area contributed by atoms with E-state index in [9.17, 15) is 9.90 Å². The lowest BCUT2D eigenvalue weighted by molar-refractivity contribution is -0.138. The SMILES string of the molecule is CCC(CC)C(=O)N1CCC[C@H](O)C1. The summed E-state index contributed by atoms with van der Waals surface area (Å²) in [7, 11) is 0. The van der Waals surface area contributed by atoms with Crippen molar-refractivity contribution >= 4 is 5.91 Å². The standard InChI is InChI=1S/C11H21NO2/c1-3-9(4-2)11(14)12-7-5-6-10(13)8-12/h9-10,13H,3-8H2,1-2H3/t10-/m0/s1. The van der Waals surface area contributed by atoms with Crippen LogP contribution in [-0.2, 0) is 4.79 Å². The van der Waals surface area contributed by atoms with Crippen molar-refractivity contribution in [2.75, 3.05) is 13.1 Å². The average Bonchev–Trinajstić information content (AvgIpc) is 2.19. The molecule has 3 nitrogen and oxygen atoms in total. The van der Waals surface area contributed by atoms with Crippen molar-refractivity contribution in [2.24, 2.45) is 5.92 Å². The molecule has 0 radical (unpaired) electrons. The number of likely N-dealkylation sites (tertiary alicyclic amines) is 1. The maximum atomic E-state index is 11.9. The molecule has 1 rings (SSSR count). The van der Waals surface area contributed by atoms with Crippen molar-refractivity contribution in [1.82, 2.24) is 4.90 Å². The Morgan fingerprint density at radius 1 is 1.50 bits per heavy atom. The molecule has 1 N–H and O–H groups in total. The van der Waals surface area contributed by atoms with Crippen molar-refractivity contribution in [1.29, 1.82) is 0 Å². The number of carbonyl (C=O) groups is 1.